The van der Waals surface area contributed by atoms with Gasteiger partial charge < -0.3 is 10.2 Å². The Bertz CT molecular complexity index is 697. The van der Waals surface area contributed by atoms with Crippen LogP contribution in [-0.4, -0.2) is 57.9 Å². The third-order valence-corrected chi connectivity index (χ3v) is 6.01. The van der Waals surface area contributed by atoms with E-state index in [1.54, 1.807) is 0 Å². The van der Waals surface area contributed by atoms with E-state index in [1.165, 1.54) is 16.1 Å². The fourth-order valence-corrected chi connectivity index (χ4v) is 4.11. The van der Waals surface area contributed by atoms with Crippen molar-refractivity contribution in [3.05, 3.63) is 29.8 Å². The Morgan fingerprint density at radius 2 is 1.76 bits per heavy atom. The van der Waals surface area contributed by atoms with Crippen molar-refractivity contribution in [1.82, 2.24) is 9.62 Å². The lowest BCUT2D eigenvalue weighted by Gasteiger charge is -2.31. The molecule has 1 saturated heterocycles. The van der Waals surface area contributed by atoms with Crippen molar-refractivity contribution >= 4 is 15.9 Å². The normalized spacial score (nSPS) is 17.4. The van der Waals surface area contributed by atoms with Gasteiger partial charge in [0.2, 0.25) is 15.9 Å². The zero-order valence-electron chi connectivity index (χ0n) is 13.8. The summed E-state index contributed by atoms with van der Waals surface area (Å²) in [6.45, 7) is 4.41. The molecule has 1 aromatic rings. The Kier molecular flexibility index (Phi) is 6.07. The van der Waals surface area contributed by atoms with Gasteiger partial charge in [-0.25, -0.2) is 8.42 Å². The molecule has 1 heterocycles. The van der Waals surface area contributed by atoms with E-state index in [9.17, 15) is 26.4 Å². The molecule has 10 heteroatoms. The minimum atomic E-state index is -4.49. The molecule has 25 heavy (non-hydrogen) atoms. The molecule has 2 N–H and O–H groups in total. The molecule has 0 bridgehead atoms. The van der Waals surface area contributed by atoms with E-state index in [2.05, 4.69) is 5.32 Å². The average Bonchev–Trinajstić information content (AvgIpc) is 2.54. The van der Waals surface area contributed by atoms with Gasteiger partial charge >= 0.3 is 6.18 Å². The fourth-order valence-electron chi connectivity index (χ4n) is 2.67. The monoisotopic (exact) mass is 380 g/mol. The van der Waals surface area contributed by atoms with Crippen LogP contribution in [0.3, 0.4) is 0 Å². The van der Waals surface area contributed by atoms with Crippen molar-refractivity contribution in [2.45, 2.75) is 18.0 Å². The lowest BCUT2D eigenvalue weighted by Crippen LogP contribution is -3.15. The van der Waals surface area contributed by atoms with Crippen molar-refractivity contribution in [2.24, 2.45) is 0 Å². The van der Waals surface area contributed by atoms with Gasteiger partial charge in [-0.15, -0.1) is 0 Å². The number of nitrogens with zero attached hydrogens (tertiary/aromatic N) is 1. The van der Waals surface area contributed by atoms with Gasteiger partial charge in [0.15, 0.2) is 0 Å². The maximum absolute atomic E-state index is 12.6. The summed E-state index contributed by atoms with van der Waals surface area (Å²) in [6.07, 6.45) is -4.49. The molecule has 6 nitrogen and oxygen atoms in total. The van der Waals surface area contributed by atoms with Gasteiger partial charge in [-0.05, 0) is 24.3 Å². The standard InChI is InChI=1S/C15H20F3N3O3S/c1-12(22)19-6-7-20-8-10-21(11-9-20)25(23,24)14-4-2-13(3-5-14)15(16,17)18/h2-5H,6-11H2,1H3,(H,19,22)/p+1. The number of alkyl halides is 3. The maximum atomic E-state index is 12.6. The largest absolute Gasteiger partial charge is 0.416 e. The minimum absolute atomic E-state index is 0.108. The van der Waals surface area contributed by atoms with Gasteiger partial charge in [-0.1, -0.05) is 0 Å². The Morgan fingerprint density at radius 1 is 1.20 bits per heavy atom. The van der Waals surface area contributed by atoms with Crippen LogP contribution in [0.2, 0.25) is 0 Å². The van der Waals surface area contributed by atoms with Crippen LogP contribution in [0.1, 0.15) is 12.5 Å². The number of carbonyl (C=O) groups is 1. The van der Waals surface area contributed by atoms with Crippen molar-refractivity contribution in [3.8, 4) is 0 Å². The topological polar surface area (TPSA) is 70.9 Å². The second-order valence-corrected chi connectivity index (χ2v) is 7.85. The number of halogens is 3. The molecule has 0 atom stereocenters. The summed E-state index contributed by atoms with van der Waals surface area (Å²) >= 11 is 0. The summed E-state index contributed by atoms with van der Waals surface area (Å²) in [5, 5.41) is 2.69. The molecule has 1 aromatic carbocycles. The summed E-state index contributed by atoms with van der Waals surface area (Å²) in [7, 11) is -3.80. The smallest absolute Gasteiger partial charge is 0.351 e. The number of piperazine rings is 1. The second kappa shape index (κ2) is 7.71. The van der Waals surface area contributed by atoms with Gasteiger partial charge in [0.1, 0.15) is 0 Å². The van der Waals surface area contributed by atoms with Gasteiger partial charge in [0, 0.05) is 6.92 Å². The number of sulfonamides is 1. The van der Waals surface area contributed by atoms with Gasteiger partial charge in [0.25, 0.3) is 0 Å². The molecule has 0 spiro atoms. The Labute approximate surface area is 144 Å². The molecule has 0 aliphatic carbocycles. The van der Waals surface area contributed by atoms with E-state index >= 15 is 0 Å². The van der Waals surface area contributed by atoms with E-state index < -0.39 is 21.8 Å². The van der Waals surface area contributed by atoms with Crippen LogP contribution in [-0.2, 0) is 21.0 Å². The van der Waals surface area contributed by atoms with Crippen molar-refractivity contribution in [3.63, 3.8) is 0 Å². The molecule has 0 unspecified atom stereocenters. The number of nitrogens with one attached hydrogen (secondary N) is 2. The highest BCUT2D eigenvalue weighted by Crippen LogP contribution is 2.30. The first-order chi connectivity index (χ1) is 11.6. The molecule has 140 valence electrons. The van der Waals surface area contributed by atoms with E-state index in [1.807, 2.05) is 0 Å². The van der Waals surface area contributed by atoms with Crippen LogP contribution in [0.15, 0.2) is 29.2 Å². The van der Waals surface area contributed by atoms with Crippen molar-refractivity contribution in [2.75, 3.05) is 39.3 Å². The van der Waals surface area contributed by atoms with Crippen LogP contribution in [0.25, 0.3) is 0 Å². The van der Waals surface area contributed by atoms with Gasteiger partial charge in [0.05, 0.1) is 49.7 Å². The summed E-state index contributed by atoms with van der Waals surface area (Å²) in [5.41, 5.74) is -0.876. The Morgan fingerprint density at radius 3 is 2.24 bits per heavy atom. The molecule has 2 rings (SSSR count). The number of hydrogen-bond acceptors (Lipinski definition) is 3. The first-order valence-electron chi connectivity index (χ1n) is 7.86. The van der Waals surface area contributed by atoms with E-state index in [4.69, 9.17) is 0 Å². The number of benzene rings is 1. The Balaban J connectivity index is 1.96. The van der Waals surface area contributed by atoms with Gasteiger partial charge in [-0.3, -0.25) is 4.79 Å². The SMILES string of the molecule is CC(=O)NCC[NH+]1CCN(S(=O)(=O)c2ccc(C(F)(F)F)cc2)CC1. The fraction of sp³-hybridized carbons (Fsp3) is 0.533. The minimum Gasteiger partial charge on any atom is -0.351 e. The second-order valence-electron chi connectivity index (χ2n) is 5.91. The molecular formula is C15H21F3N3O3S+. The van der Waals surface area contributed by atoms with E-state index in [-0.39, 0.29) is 10.8 Å². The summed E-state index contributed by atoms with van der Waals surface area (Å²) in [6, 6.07) is 3.55. The molecule has 0 aromatic heterocycles. The van der Waals surface area contributed by atoms with Crippen LogP contribution in [0.5, 0.6) is 0 Å². The average molecular weight is 380 g/mol. The van der Waals surface area contributed by atoms with Crippen LogP contribution in [0, 0.1) is 0 Å². The summed E-state index contributed by atoms with van der Waals surface area (Å²) < 4.78 is 64.1. The highest BCUT2D eigenvalue weighted by atomic mass is 32.2. The van der Waals surface area contributed by atoms with Crippen molar-refractivity contribution in [1.29, 1.82) is 0 Å². The molecule has 0 radical (unpaired) electrons. The van der Waals surface area contributed by atoms with Crippen molar-refractivity contribution < 1.29 is 31.3 Å². The number of quaternary nitrogens is 1. The van der Waals surface area contributed by atoms with Crippen LogP contribution >= 0.6 is 0 Å². The summed E-state index contributed by atoms with van der Waals surface area (Å²) in [5.74, 6) is -0.108. The maximum Gasteiger partial charge on any atom is 0.416 e. The third kappa shape index (κ3) is 5.16. The summed E-state index contributed by atoms with van der Waals surface area (Å²) in [4.78, 5) is 11.9. The lowest BCUT2D eigenvalue weighted by molar-refractivity contribution is -0.902. The number of amides is 1. The van der Waals surface area contributed by atoms with Crippen LogP contribution in [0.4, 0.5) is 13.2 Å². The first kappa shape index (κ1) is 19.7. The molecule has 0 saturated carbocycles. The quantitative estimate of drug-likeness (QED) is 0.739. The molecule has 1 aliphatic rings. The van der Waals surface area contributed by atoms with Gasteiger partial charge in [-0.2, -0.15) is 17.5 Å². The Hall–Kier alpha value is -1.65. The number of rotatable bonds is 5. The predicted octanol–water partition coefficient (Wildman–Crippen LogP) is -0.269. The predicted molar refractivity (Wildman–Crippen MR) is 84.5 cm³/mol. The van der Waals surface area contributed by atoms with E-state index in [0.717, 1.165) is 24.3 Å². The van der Waals surface area contributed by atoms with E-state index in [0.29, 0.717) is 39.3 Å². The molecular weight excluding hydrogens is 359 g/mol. The lowest BCUT2D eigenvalue weighted by atomic mass is 10.2. The highest BCUT2D eigenvalue weighted by Gasteiger charge is 2.33. The first-order valence-corrected chi connectivity index (χ1v) is 9.30. The highest BCUT2D eigenvalue weighted by molar-refractivity contribution is 7.89. The molecule has 1 aliphatic heterocycles. The number of hydrogen-bond donors (Lipinski definition) is 2. The molecule has 1 fully saturated rings. The third-order valence-electron chi connectivity index (χ3n) is 4.10. The number of carbonyl (C=O) groups excluding carboxylic acids is 1. The zero-order chi connectivity index (χ0) is 18.7. The van der Waals surface area contributed by atoms with Crippen LogP contribution < -0.4 is 10.2 Å². The molecule has 1 amide bonds. The zero-order valence-corrected chi connectivity index (χ0v) is 14.6.